The molecule has 0 saturated heterocycles. The second kappa shape index (κ2) is 6.59. The van der Waals surface area contributed by atoms with Gasteiger partial charge in [0.25, 0.3) is 0 Å². The van der Waals surface area contributed by atoms with E-state index in [-0.39, 0.29) is 11.8 Å². The van der Waals surface area contributed by atoms with Crippen LogP contribution in [0.3, 0.4) is 0 Å². The normalized spacial score (nSPS) is 13.4. The lowest BCUT2D eigenvalue weighted by atomic mass is 9.87. The largest absolute Gasteiger partial charge is 0.337 e. The van der Waals surface area contributed by atoms with Crippen LogP contribution in [0, 0.1) is 5.41 Å². The molecule has 0 aromatic rings. The average Bonchev–Trinajstić information content (AvgIpc) is 2.14. The molecule has 0 spiro atoms. The molecule has 0 aliphatic carbocycles. The second-order valence-corrected chi connectivity index (χ2v) is 5.54. The summed E-state index contributed by atoms with van der Waals surface area (Å²) in [6, 6.07) is -0.758. The summed E-state index contributed by atoms with van der Waals surface area (Å²) in [5.74, 6) is 0.0280. The molecule has 0 aromatic carbocycles. The lowest BCUT2D eigenvalue weighted by Crippen LogP contribution is -2.48. The van der Waals surface area contributed by atoms with Crippen molar-refractivity contribution in [1.82, 2.24) is 15.5 Å². The van der Waals surface area contributed by atoms with Crippen LogP contribution in [-0.4, -0.2) is 49.9 Å². The quantitative estimate of drug-likeness (QED) is 0.752. The zero-order valence-electron chi connectivity index (χ0n) is 11.8. The third kappa shape index (κ3) is 6.94. The Morgan fingerprint density at radius 2 is 1.76 bits per heavy atom. The molecule has 0 aliphatic heterocycles. The van der Waals surface area contributed by atoms with E-state index in [4.69, 9.17) is 0 Å². The maximum Gasteiger partial charge on any atom is 0.315 e. The topological polar surface area (TPSA) is 61.4 Å². The van der Waals surface area contributed by atoms with Crippen LogP contribution in [0.25, 0.3) is 0 Å². The van der Waals surface area contributed by atoms with E-state index in [1.165, 1.54) is 0 Å². The number of hydrogen-bond donors (Lipinski definition) is 2. The van der Waals surface area contributed by atoms with Crippen molar-refractivity contribution in [1.29, 1.82) is 0 Å². The molecule has 0 saturated carbocycles. The van der Waals surface area contributed by atoms with Gasteiger partial charge in [0, 0.05) is 18.5 Å². The van der Waals surface area contributed by atoms with Crippen molar-refractivity contribution >= 4 is 11.8 Å². The van der Waals surface area contributed by atoms with Crippen LogP contribution in [0.4, 0.5) is 4.79 Å². The van der Waals surface area contributed by atoms with Gasteiger partial charge < -0.3 is 15.5 Å². The van der Waals surface area contributed by atoms with Gasteiger partial charge >= 0.3 is 6.03 Å². The second-order valence-electron chi connectivity index (χ2n) is 5.54. The number of Topliss-reactive ketones (excluding diaryl/α,β-unsaturated/α-hetero) is 1. The van der Waals surface area contributed by atoms with Gasteiger partial charge in [-0.3, -0.25) is 4.79 Å². The van der Waals surface area contributed by atoms with E-state index in [0.29, 0.717) is 6.54 Å². The third-order valence-electron chi connectivity index (χ3n) is 2.32. The highest BCUT2D eigenvalue weighted by molar-refractivity contribution is 5.91. The Kier molecular flexibility index (Phi) is 6.16. The first kappa shape index (κ1) is 15.9. The molecule has 0 aliphatic rings. The standard InChI is InChI=1S/C12H25N3O2/c1-9(10(16)12(2,3)4)14-11(17)13-7-8-15(5)6/h9H,7-8H2,1-6H3,(H2,13,14,17)/t9-/m0/s1. The Hall–Kier alpha value is -1.10. The molecule has 0 heterocycles. The van der Waals surface area contributed by atoms with E-state index < -0.39 is 11.5 Å². The molecular formula is C12H25N3O2. The van der Waals surface area contributed by atoms with Crippen LogP contribution in [0.1, 0.15) is 27.7 Å². The molecule has 2 N–H and O–H groups in total. The van der Waals surface area contributed by atoms with E-state index in [1.807, 2.05) is 39.8 Å². The van der Waals surface area contributed by atoms with Gasteiger partial charge in [-0.1, -0.05) is 20.8 Å². The minimum absolute atomic E-state index is 0.0280. The number of likely N-dealkylation sites (N-methyl/N-ethyl adjacent to an activating group) is 1. The SMILES string of the molecule is C[C@H](NC(=O)NCCN(C)C)C(=O)C(C)(C)C. The van der Waals surface area contributed by atoms with Gasteiger partial charge in [-0.2, -0.15) is 0 Å². The molecule has 2 amide bonds. The molecule has 0 bridgehead atoms. The fraction of sp³-hybridized carbons (Fsp3) is 0.833. The fourth-order valence-corrected chi connectivity index (χ4v) is 1.36. The molecule has 5 heteroatoms. The molecule has 0 rings (SSSR count). The molecule has 1 atom stereocenters. The van der Waals surface area contributed by atoms with Gasteiger partial charge in [0.2, 0.25) is 0 Å². The van der Waals surface area contributed by atoms with Gasteiger partial charge in [0.1, 0.15) is 0 Å². The maximum absolute atomic E-state index is 11.8. The van der Waals surface area contributed by atoms with E-state index in [9.17, 15) is 9.59 Å². The zero-order chi connectivity index (χ0) is 13.6. The van der Waals surface area contributed by atoms with Crippen molar-refractivity contribution in [2.24, 2.45) is 5.41 Å². The van der Waals surface area contributed by atoms with Gasteiger partial charge in [-0.05, 0) is 21.0 Å². The van der Waals surface area contributed by atoms with Crippen LogP contribution in [-0.2, 0) is 4.79 Å². The highest BCUT2D eigenvalue weighted by Crippen LogP contribution is 2.16. The lowest BCUT2D eigenvalue weighted by Gasteiger charge is -2.22. The summed E-state index contributed by atoms with van der Waals surface area (Å²) in [6.45, 7) is 8.58. The first-order chi connectivity index (χ1) is 7.64. The zero-order valence-corrected chi connectivity index (χ0v) is 11.8. The highest BCUT2D eigenvalue weighted by atomic mass is 16.2. The summed E-state index contributed by atoms with van der Waals surface area (Å²) in [5.41, 5.74) is -0.434. The Labute approximate surface area is 104 Å². The Morgan fingerprint density at radius 1 is 1.24 bits per heavy atom. The van der Waals surface area contributed by atoms with Crippen LogP contribution in [0.2, 0.25) is 0 Å². The van der Waals surface area contributed by atoms with Gasteiger partial charge in [0.05, 0.1) is 6.04 Å². The van der Waals surface area contributed by atoms with Crippen LogP contribution in [0.15, 0.2) is 0 Å². The number of amides is 2. The summed E-state index contributed by atoms with van der Waals surface area (Å²) < 4.78 is 0. The van der Waals surface area contributed by atoms with Gasteiger partial charge in [0.15, 0.2) is 5.78 Å². The van der Waals surface area contributed by atoms with Crippen LogP contribution in [0.5, 0.6) is 0 Å². The van der Waals surface area contributed by atoms with Crippen LogP contribution >= 0.6 is 0 Å². The van der Waals surface area contributed by atoms with E-state index in [1.54, 1.807) is 6.92 Å². The van der Waals surface area contributed by atoms with Crippen molar-refractivity contribution in [2.75, 3.05) is 27.2 Å². The summed E-state index contributed by atoms with van der Waals surface area (Å²) in [6.07, 6.45) is 0. The predicted octanol–water partition coefficient (Wildman–Crippen LogP) is 0.851. The Morgan fingerprint density at radius 3 is 2.18 bits per heavy atom. The fourth-order valence-electron chi connectivity index (χ4n) is 1.36. The van der Waals surface area contributed by atoms with Gasteiger partial charge in [-0.25, -0.2) is 4.79 Å². The van der Waals surface area contributed by atoms with E-state index in [2.05, 4.69) is 10.6 Å². The van der Waals surface area contributed by atoms with Gasteiger partial charge in [-0.15, -0.1) is 0 Å². The molecule has 0 unspecified atom stereocenters. The van der Waals surface area contributed by atoms with E-state index in [0.717, 1.165) is 6.54 Å². The highest BCUT2D eigenvalue weighted by Gasteiger charge is 2.27. The van der Waals surface area contributed by atoms with Crippen molar-refractivity contribution < 1.29 is 9.59 Å². The molecule has 17 heavy (non-hydrogen) atoms. The summed E-state index contributed by atoms with van der Waals surface area (Å²) in [7, 11) is 3.87. The number of carbonyl (C=O) groups is 2. The average molecular weight is 243 g/mol. The number of nitrogens with zero attached hydrogens (tertiary/aromatic N) is 1. The number of urea groups is 1. The molecule has 0 radical (unpaired) electrons. The molecule has 5 nitrogen and oxygen atoms in total. The predicted molar refractivity (Wildman–Crippen MR) is 69.0 cm³/mol. The summed E-state index contributed by atoms with van der Waals surface area (Å²) >= 11 is 0. The lowest BCUT2D eigenvalue weighted by molar-refractivity contribution is -0.127. The Bertz CT molecular complexity index is 269. The smallest absolute Gasteiger partial charge is 0.315 e. The number of nitrogens with one attached hydrogen (secondary N) is 2. The minimum atomic E-state index is -0.464. The summed E-state index contributed by atoms with van der Waals surface area (Å²) in [4.78, 5) is 25.3. The number of hydrogen-bond acceptors (Lipinski definition) is 3. The first-order valence-electron chi connectivity index (χ1n) is 5.88. The summed E-state index contributed by atoms with van der Waals surface area (Å²) in [5, 5.41) is 5.35. The number of carbonyl (C=O) groups excluding carboxylic acids is 2. The molecular weight excluding hydrogens is 218 g/mol. The Balaban J connectivity index is 4.00. The van der Waals surface area contributed by atoms with E-state index >= 15 is 0 Å². The monoisotopic (exact) mass is 243 g/mol. The first-order valence-corrected chi connectivity index (χ1v) is 5.88. The molecule has 100 valence electrons. The molecule has 0 aromatic heterocycles. The number of ketones is 1. The number of rotatable bonds is 5. The van der Waals surface area contributed by atoms with Crippen molar-refractivity contribution in [3.05, 3.63) is 0 Å². The minimum Gasteiger partial charge on any atom is -0.337 e. The maximum atomic E-state index is 11.8. The van der Waals surface area contributed by atoms with Crippen molar-refractivity contribution in [3.63, 3.8) is 0 Å². The molecule has 0 fully saturated rings. The third-order valence-corrected chi connectivity index (χ3v) is 2.32. The van der Waals surface area contributed by atoms with Crippen molar-refractivity contribution in [2.45, 2.75) is 33.7 Å². The van der Waals surface area contributed by atoms with Crippen molar-refractivity contribution in [3.8, 4) is 0 Å². The van der Waals surface area contributed by atoms with Crippen LogP contribution < -0.4 is 10.6 Å².